The molecular weight excluding hydrogens is 378 g/mol. The van der Waals surface area contributed by atoms with E-state index in [9.17, 15) is 8.42 Å². The van der Waals surface area contributed by atoms with Crippen molar-refractivity contribution in [2.24, 2.45) is 7.05 Å². The number of nitrogens with zero attached hydrogens (tertiary/aromatic N) is 2. The number of aryl methyl sites for hydroxylation is 1. The summed E-state index contributed by atoms with van der Waals surface area (Å²) in [4.78, 5) is 0. The van der Waals surface area contributed by atoms with Crippen molar-refractivity contribution in [1.82, 2.24) is 14.5 Å². The Bertz CT molecular complexity index is 767. The second-order valence-electron chi connectivity index (χ2n) is 4.68. The summed E-state index contributed by atoms with van der Waals surface area (Å²) in [6, 6.07) is 3.30. The van der Waals surface area contributed by atoms with Gasteiger partial charge in [0.15, 0.2) is 0 Å². The fourth-order valence-electron chi connectivity index (χ4n) is 2.30. The van der Waals surface area contributed by atoms with Gasteiger partial charge in [0.1, 0.15) is 4.21 Å². The number of ether oxygens (including phenoxy) is 1. The Labute approximate surface area is 135 Å². The minimum Gasteiger partial charge on any atom is -0.376 e. The largest absolute Gasteiger partial charge is 0.376 e. The Hall–Kier alpha value is -0.740. The first-order valence-electron chi connectivity index (χ1n) is 6.34. The zero-order valence-electron chi connectivity index (χ0n) is 11.3. The van der Waals surface area contributed by atoms with E-state index in [0.29, 0.717) is 13.2 Å². The molecule has 0 amide bonds. The summed E-state index contributed by atoms with van der Waals surface area (Å²) in [5.41, 5.74) is 2.85. The first-order valence-corrected chi connectivity index (χ1v) is 9.43. The molecule has 2 aromatic heterocycles. The van der Waals surface area contributed by atoms with E-state index in [-0.39, 0.29) is 10.8 Å². The lowest BCUT2D eigenvalue weighted by Crippen LogP contribution is -2.23. The van der Waals surface area contributed by atoms with Gasteiger partial charge in [-0.3, -0.25) is 4.68 Å². The average Bonchev–Trinajstić information content (AvgIpc) is 3.02. The number of halogens is 1. The molecule has 114 valence electrons. The van der Waals surface area contributed by atoms with Crippen LogP contribution in [-0.4, -0.2) is 24.8 Å². The van der Waals surface area contributed by atoms with Crippen molar-refractivity contribution in [2.75, 3.05) is 6.61 Å². The summed E-state index contributed by atoms with van der Waals surface area (Å²) in [6.45, 7) is 1.34. The molecule has 0 saturated heterocycles. The second kappa shape index (κ2) is 5.81. The van der Waals surface area contributed by atoms with E-state index in [0.717, 1.165) is 27.2 Å². The minimum atomic E-state index is -3.51. The van der Waals surface area contributed by atoms with Gasteiger partial charge in [0, 0.05) is 24.7 Å². The van der Waals surface area contributed by atoms with Gasteiger partial charge in [-0.05, 0) is 28.1 Å². The summed E-state index contributed by atoms with van der Waals surface area (Å²) >= 11 is 4.45. The molecular formula is C12H14BrN3O3S2. The molecule has 0 radical (unpaired) electrons. The molecule has 0 saturated carbocycles. The van der Waals surface area contributed by atoms with Crippen molar-refractivity contribution in [2.45, 2.75) is 23.8 Å². The van der Waals surface area contributed by atoms with Crippen molar-refractivity contribution in [1.29, 1.82) is 0 Å². The molecule has 3 rings (SSSR count). The Morgan fingerprint density at radius 2 is 2.33 bits per heavy atom. The highest BCUT2D eigenvalue weighted by Crippen LogP contribution is 2.26. The van der Waals surface area contributed by atoms with Crippen LogP contribution in [0.1, 0.15) is 17.0 Å². The number of hydrogen-bond donors (Lipinski definition) is 1. The van der Waals surface area contributed by atoms with E-state index in [1.165, 1.54) is 11.3 Å². The third kappa shape index (κ3) is 3.07. The fraction of sp³-hybridized carbons (Fsp3) is 0.417. The van der Waals surface area contributed by atoms with Crippen LogP contribution >= 0.6 is 27.3 Å². The molecule has 0 atom stereocenters. The Kier molecular flexibility index (Phi) is 4.19. The van der Waals surface area contributed by atoms with Crippen molar-refractivity contribution in [3.63, 3.8) is 0 Å². The molecule has 2 aromatic rings. The van der Waals surface area contributed by atoms with Crippen LogP contribution in [0.2, 0.25) is 0 Å². The van der Waals surface area contributed by atoms with E-state index in [1.807, 2.05) is 11.7 Å². The van der Waals surface area contributed by atoms with Crippen LogP contribution in [-0.2, 0) is 41.4 Å². The van der Waals surface area contributed by atoms with Crippen molar-refractivity contribution in [3.8, 4) is 0 Å². The van der Waals surface area contributed by atoms with E-state index < -0.39 is 10.0 Å². The SMILES string of the molecule is Cn1nc(CNS(=O)(=O)c2ccc(Br)s2)c2c1CCOC2. The predicted octanol–water partition coefficient (Wildman–Crippen LogP) is 1.80. The molecule has 1 aliphatic heterocycles. The normalized spacial score (nSPS) is 15.1. The number of aromatic nitrogens is 2. The maximum atomic E-state index is 12.2. The Morgan fingerprint density at radius 3 is 3.05 bits per heavy atom. The van der Waals surface area contributed by atoms with Gasteiger partial charge in [0.2, 0.25) is 10.0 Å². The van der Waals surface area contributed by atoms with Gasteiger partial charge in [0.05, 0.1) is 29.2 Å². The van der Waals surface area contributed by atoms with Crippen LogP contribution in [0.25, 0.3) is 0 Å². The summed E-state index contributed by atoms with van der Waals surface area (Å²) in [6.07, 6.45) is 0.809. The van der Waals surface area contributed by atoms with Crippen LogP contribution < -0.4 is 4.72 Å². The molecule has 0 unspecified atom stereocenters. The van der Waals surface area contributed by atoms with Gasteiger partial charge in [-0.25, -0.2) is 13.1 Å². The van der Waals surface area contributed by atoms with Gasteiger partial charge in [-0.1, -0.05) is 0 Å². The fourth-order valence-corrected chi connectivity index (χ4v) is 5.35. The lowest BCUT2D eigenvalue weighted by atomic mass is 10.1. The molecule has 1 aliphatic rings. The first-order chi connectivity index (χ1) is 9.97. The highest BCUT2D eigenvalue weighted by molar-refractivity contribution is 9.11. The Morgan fingerprint density at radius 1 is 1.52 bits per heavy atom. The number of rotatable bonds is 4. The molecule has 6 nitrogen and oxygen atoms in total. The predicted molar refractivity (Wildman–Crippen MR) is 82.6 cm³/mol. The quantitative estimate of drug-likeness (QED) is 0.861. The van der Waals surface area contributed by atoms with Crippen LogP contribution in [0, 0.1) is 0 Å². The average molecular weight is 392 g/mol. The van der Waals surface area contributed by atoms with Gasteiger partial charge < -0.3 is 4.74 Å². The van der Waals surface area contributed by atoms with Crippen molar-refractivity contribution >= 4 is 37.3 Å². The van der Waals surface area contributed by atoms with Crippen molar-refractivity contribution in [3.05, 3.63) is 32.9 Å². The maximum absolute atomic E-state index is 12.2. The summed E-state index contributed by atoms with van der Waals surface area (Å²) in [7, 11) is -1.63. The third-order valence-electron chi connectivity index (χ3n) is 3.33. The summed E-state index contributed by atoms with van der Waals surface area (Å²) in [5, 5.41) is 4.40. The standard InChI is InChI=1S/C12H14BrN3O3S2/c1-16-10-4-5-19-7-8(10)9(15-16)6-14-21(17,18)12-3-2-11(13)20-12/h2-3,14H,4-7H2,1H3. The van der Waals surface area contributed by atoms with Crippen LogP contribution in [0.3, 0.4) is 0 Å². The molecule has 3 heterocycles. The smallest absolute Gasteiger partial charge is 0.250 e. The van der Waals surface area contributed by atoms with Crippen LogP contribution in [0.5, 0.6) is 0 Å². The lowest BCUT2D eigenvalue weighted by Gasteiger charge is -2.13. The van der Waals surface area contributed by atoms with E-state index in [2.05, 4.69) is 25.8 Å². The zero-order valence-corrected chi connectivity index (χ0v) is 14.5. The molecule has 21 heavy (non-hydrogen) atoms. The topological polar surface area (TPSA) is 73.2 Å². The highest BCUT2D eigenvalue weighted by atomic mass is 79.9. The molecule has 0 aliphatic carbocycles. The van der Waals surface area contributed by atoms with E-state index in [1.54, 1.807) is 12.1 Å². The van der Waals surface area contributed by atoms with E-state index >= 15 is 0 Å². The van der Waals surface area contributed by atoms with Gasteiger partial charge in [-0.2, -0.15) is 5.10 Å². The van der Waals surface area contributed by atoms with Crippen molar-refractivity contribution < 1.29 is 13.2 Å². The number of fused-ring (bicyclic) bond motifs is 1. The number of thiophene rings is 1. The molecule has 0 fully saturated rings. The first kappa shape index (κ1) is 15.2. The van der Waals surface area contributed by atoms with Gasteiger partial charge in [-0.15, -0.1) is 11.3 Å². The van der Waals surface area contributed by atoms with Crippen LogP contribution in [0.15, 0.2) is 20.1 Å². The monoisotopic (exact) mass is 391 g/mol. The molecule has 0 spiro atoms. The Balaban J connectivity index is 1.79. The second-order valence-corrected chi connectivity index (χ2v) is 9.14. The summed E-state index contributed by atoms with van der Waals surface area (Å²) in [5.74, 6) is 0. The van der Waals surface area contributed by atoms with E-state index in [4.69, 9.17) is 4.74 Å². The zero-order chi connectivity index (χ0) is 15.0. The van der Waals surface area contributed by atoms with Crippen LogP contribution in [0.4, 0.5) is 0 Å². The van der Waals surface area contributed by atoms with Gasteiger partial charge >= 0.3 is 0 Å². The third-order valence-corrected chi connectivity index (χ3v) is 6.85. The number of sulfonamides is 1. The molecule has 1 N–H and O–H groups in total. The number of nitrogens with one attached hydrogen (secondary N) is 1. The molecule has 9 heteroatoms. The molecule has 0 bridgehead atoms. The van der Waals surface area contributed by atoms with Gasteiger partial charge in [0.25, 0.3) is 0 Å². The maximum Gasteiger partial charge on any atom is 0.250 e. The number of hydrogen-bond acceptors (Lipinski definition) is 5. The highest BCUT2D eigenvalue weighted by Gasteiger charge is 2.22. The minimum absolute atomic E-state index is 0.171. The summed E-state index contributed by atoms with van der Waals surface area (Å²) < 4.78 is 35.3. The lowest BCUT2D eigenvalue weighted by molar-refractivity contribution is 0.108. The molecule has 0 aromatic carbocycles.